The quantitative estimate of drug-likeness (QED) is 0.672. The molecule has 0 saturated carbocycles. The molecule has 1 aromatic carbocycles. The number of aromatic amines is 2. The van der Waals surface area contributed by atoms with Gasteiger partial charge in [0, 0.05) is 35.6 Å². The van der Waals surface area contributed by atoms with Crippen LogP contribution in [-0.2, 0) is 6.54 Å². The highest BCUT2D eigenvalue weighted by atomic mass is 16.1. The van der Waals surface area contributed by atoms with Crippen LogP contribution in [0.15, 0.2) is 49.1 Å². The first-order chi connectivity index (χ1) is 9.83. The van der Waals surface area contributed by atoms with E-state index < -0.39 is 0 Å². The van der Waals surface area contributed by atoms with Gasteiger partial charge in [-0.1, -0.05) is 12.1 Å². The van der Waals surface area contributed by atoms with Crippen molar-refractivity contribution in [3.05, 3.63) is 60.2 Å². The fraction of sp³-hybridized carbons (Fsp3) is 0.0714. The molecule has 0 spiro atoms. The van der Waals surface area contributed by atoms with Gasteiger partial charge in [0.1, 0.15) is 0 Å². The molecule has 0 bridgehead atoms. The van der Waals surface area contributed by atoms with E-state index in [0.29, 0.717) is 12.1 Å². The van der Waals surface area contributed by atoms with Gasteiger partial charge in [-0.25, -0.2) is 0 Å². The molecule has 0 radical (unpaired) electrons. The molecular formula is C14H13N5O. The van der Waals surface area contributed by atoms with Gasteiger partial charge in [0.15, 0.2) is 0 Å². The number of amides is 1. The summed E-state index contributed by atoms with van der Waals surface area (Å²) in [6.07, 6.45) is 6.99. The molecule has 3 N–H and O–H groups in total. The molecule has 6 nitrogen and oxygen atoms in total. The number of carbonyl (C=O) groups is 1. The van der Waals surface area contributed by atoms with Gasteiger partial charge in [0.2, 0.25) is 0 Å². The van der Waals surface area contributed by atoms with Crippen LogP contribution in [-0.4, -0.2) is 26.3 Å². The molecule has 0 unspecified atom stereocenters. The lowest BCUT2D eigenvalue weighted by molar-refractivity contribution is 0.0951. The lowest BCUT2D eigenvalue weighted by Gasteiger charge is -2.04. The summed E-state index contributed by atoms with van der Waals surface area (Å²) in [6.45, 7) is 0.457. The lowest BCUT2D eigenvalue weighted by Crippen LogP contribution is -2.22. The second-order valence-corrected chi connectivity index (χ2v) is 4.35. The van der Waals surface area contributed by atoms with Crippen LogP contribution in [0.5, 0.6) is 0 Å². The summed E-state index contributed by atoms with van der Waals surface area (Å²) in [4.78, 5) is 12.0. The predicted octanol–water partition coefficient (Wildman–Crippen LogP) is 1.73. The normalized spacial score (nSPS) is 10.4. The largest absolute Gasteiger partial charge is 0.348 e. The number of rotatable bonds is 4. The van der Waals surface area contributed by atoms with Crippen molar-refractivity contribution >= 4 is 5.91 Å². The molecule has 0 fully saturated rings. The Bertz CT molecular complexity index is 671. The van der Waals surface area contributed by atoms with E-state index in [9.17, 15) is 4.79 Å². The molecule has 100 valence electrons. The molecule has 3 aromatic rings. The average Bonchev–Trinajstić information content (AvgIpc) is 3.18. The van der Waals surface area contributed by atoms with Crippen molar-refractivity contribution < 1.29 is 4.79 Å². The van der Waals surface area contributed by atoms with Crippen molar-refractivity contribution in [3.8, 4) is 11.1 Å². The molecule has 6 heteroatoms. The SMILES string of the molecule is O=C(NCc1cn[nH]c1)c1ccc(-c2cn[nH]c2)cc1. The summed E-state index contributed by atoms with van der Waals surface area (Å²) < 4.78 is 0. The third-order valence-electron chi connectivity index (χ3n) is 2.99. The van der Waals surface area contributed by atoms with Crippen molar-refractivity contribution in [2.45, 2.75) is 6.54 Å². The third-order valence-corrected chi connectivity index (χ3v) is 2.99. The predicted molar refractivity (Wildman–Crippen MR) is 73.8 cm³/mol. The first kappa shape index (κ1) is 12.2. The second-order valence-electron chi connectivity index (χ2n) is 4.35. The number of nitrogens with zero attached hydrogens (tertiary/aromatic N) is 2. The smallest absolute Gasteiger partial charge is 0.251 e. The molecule has 1 amide bonds. The average molecular weight is 267 g/mol. The number of nitrogens with one attached hydrogen (secondary N) is 3. The van der Waals surface area contributed by atoms with E-state index in [0.717, 1.165) is 16.7 Å². The minimum absolute atomic E-state index is 0.107. The number of aromatic nitrogens is 4. The standard InChI is InChI=1S/C14H13N5O/c20-14(15-5-10-6-16-17-7-10)12-3-1-11(2-4-12)13-8-18-19-9-13/h1-4,6-9H,5H2,(H,15,20)(H,16,17)(H,18,19). The first-order valence-corrected chi connectivity index (χ1v) is 6.18. The molecule has 0 aliphatic carbocycles. The maximum atomic E-state index is 12.0. The number of carbonyl (C=O) groups excluding carboxylic acids is 1. The lowest BCUT2D eigenvalue weighted by atomic mass is 10.1. The molecule has 2 aromatic heterocycles. The maximum absolute atomic E-state index is 12.0. The van der Waals surface area contributed by atoms with E-state index in [4.69, 9.17) is 0 Å². The molecule has 20 heavy (non-hydrogen) atoms. The minimum Gasteiger partial charge on any atom is -0.348 e. The van der Waals surface area contributed by atoms with Gasteiger partial charge in [-0.15, -0.1) is 0 Å². The highest BCUT2D eigenvalue weighted by Crippen LogP contribution is 2.17. The van der Waals surface area contributed by atoms with Crippen LogP contribution in [0.4, 0.5) is 0 Å². The maximum Gasteiger partial charge on any atom is 0.251 e. The topological polar surface area (TPSA) is 86.5 Å². The zero-order valence-corrected chi connectivity index (χ0v) is 10.6. The van der Waals surface area contributed by atoms with Crippen LogP contribution in [0, 0.1) is 0 Å². The fourth-order valence-electron chi connectivity index (χ4n) is 1.88. The van der Waals surface area contributed by atoms with Gasteiger partial charge in [0.25, 0.3) is 5.91 Å². The van der Waals surface area contributed by atoms with Crippen LogP contribution in [0.2, 0.25) is 0 Å². The molecule has 0 aliphatic rings. The van der Waals surface area contributed by atoms with Crippen LogP contribution >= 0.6 is 0 Å². The Morgan fingerprint density at radius 3 is 2.40 bits per heavy atom. The van der Waals surface area contributed by atoms with Gasteiger partial charge in [-0.2, -0.15) is 10.2 Å². The summed E-state index contributed by atoms with van der Waals surface area (Å²) in [5, 5.41) is 16.0. The van der Waals surface area contributed by atoms with Crippen LogP contribution in [0.25, 0.3) is 11.1 Å². The molecule has 3 rings (SSSR count). The molecule has 0 aliphatic heterocycles. The Morgan fingerprint density at radius 1 is 1.00 bits per heavy atom. The highest BCUT2D eigenvalue weighted by Gasteiger charge is 2.06. The van der Waals surface area contributed by atoms with Crippen LogP contribution in [0.3, 0.4) is 0 Å². The Hall–Kier alpha value is -2.89. The monoisotopic (exact) mass is 267 g/mol. The number of H-pyrrole nitrogens is 2. The number of hydrogen-bond acceptors (Lipinski definition) is 3. The zero-order chi connectivity index (χ0) is 13.8. The number of benzene rings is 1. The third kappa shape index (κ3) is 2.59. The Morgan fingerprint density at radius 2 is 1.75 bits per heavy atom. The fourth-order valence-corrected chi connectivity index (χ4v) is 1.88. The molecule has 0 saturated heterocycles. The molecule has 0 atom stereocenters. The van der Waals surface area contributed by atoms with E-state index >= 15 is 0 Å². The zero-order valence-electron chi connectivity index (χ0n) is 10.6. The van der Waals surface area contributed by atoms with E-state index in [1.54, 1.807) is 30.7 Å². The van der Waals surface area contributed by atoms with Gasteiger partial charge in [-0.05, 0) is 17.7 Å². The van der Waals surface area contributed by atoms with E-state index in [2.05, 4.69) is 25.7 Å². The first-order valence-electron chi connectivity index (χ1n) is 6.18. The van der Waals surface area contributed by atoms with Crippen molar-refractivity contribution in [3.63, 3.8) is 0 Å². The Balaban J connectivity index is 1.66. The summed E-state index contributed by atoms with van der Waals surface area (Å²) >= 11 is 0. The summed E-state index contributed by atoms with van der Waals surface area (Å²) in [5.41, 5.74) is 3.58. The van der Waals surface area contributed by atoms with Gasteiger partial charge < -0.3 is 5.32 Å². The summed E-state index contributed by atoms with van der Waals surface area (Å²) in [7, 11) is 0. The molecule has 2 heterocycles. The summed E-state index contributed by atoms with van der Waals surface area (Å²) in [5.74, 6) is -0.107. The van der Waals surface area contributed by atoms with Gasteiger partial charge >= 0.3 is 0 Å². The molecular weight excluding hydrogens is 254 g/mol. The van der Waals surface area contributed by atoms with E-state index in [-0.39, 0.29) is 5.91 Å². The number of hydrogen-bond donors (Lipinski definition) is 3. The van der Waals surface area contributed by atoms with Crippen molar-refractivity contribution in [1.29, 1.82) is 0 Å². The van der Waals surface area contributed by atoms with Gasteiger partial charge in [-0.3, -0.25) is 15.0 Å². The van der Waals surface area contributed by atoms with Crippen molar-refractivity contribution in [2.75, 3.05) is 0 Å². The van der Waals surface area contributed by atoms with Crippen LogP contribution < -0.4 is 5.32 Å². The van der Waals surface area contributed by atoms with E-state index in [1.165, 1.54) is 0 Å². The Kier molecular flexibility index (Phi) is 3.28. The highest BCUT2D eigenvalue weighted by molar-refractivity contribution is 5.94. The Labute approximate surface area is 115 Å². The van der Waals surface area contributed by atoms with Gasteiger partial charge in [0.05, 0.1) is 12.4 Å². The van der Waals surface area contributed by atoms with Crippen molar-refractivity contribution in [1.82, 2.24) is 25.7 Å². The van der Waals surface area contributed by atoms with Crippen LogP contribution in [0.1, 0.15) is 15.9 Å². The van der Waals surface area contributed by atoms with E-state index in [1.807, 2.05) is 18.3 Å². The van der Waals surface area contributed by atoms with Crippen molar-refractivity contribution in [2.24, 2.45) is 0 Å². The second kappa shape index (κ2) is 5.40. The minimum atomic E-state index is -0.107. The summed E-state index contributed by atoms with van der Waals surface area (Å²) in [6, 6.07) is 7.40.